The van der Waals surface area contributed by atoms with Crippen molar-refractivity contribution in [2.75, 3.05) is 13.1 Å². The molecule has 2 heterocycles. The number of nitrogens with one attached hydrogen (secondary N) is 2. The Balaban J connectivity index is 0.00000180. The molecule has 1 unspecified atom stereocenters. The first kappa shape index (κ1) is 16.4. The van der Waals surface area contributed by atoms with Crippen LogP contribution < -0.4 is 10.0 Å². The third-order valence-electron chi connectivity index (χ3n) is 3.39. The molecule has 1 aromatic heterocycles. The summed E-state index contributed by atoms with van der Waals surface area (Å²) in [4.78, 5) is 0.308. The lowest BCUT2D eigenvalue weighted by Crippen LogP contribution is -2.37. The van der Waals surface area contributed by atoms with Gasteiger partial charge in [-0.05, 0) is 33.2 Å². The number of halogens is 1. The van der Waals surface area contributed by atoms with Gasteiger partial charge in [0.05, 0.1) is 11.4 Å². The summed E-state index contributed by atoms with van der Waals surface area (Å²) in [5.41, 5.74) is 1.21. The molecule has 0 aliphatic carbocycles. The highest BCUT2D eigenvalue weighted by molar-refractivity contribution is 7.89. The van der Waals surface area contributed by atoms with Crippen molar-refractivity contribution < 1.29 is 8.42 Å². The van der Waals surface area contributed by atoms with Gasteiger partial charge in [0, 0.05) is 19.6 Å². The SMILES string of the molecule is Cc1nn(C)c(C)c1S(=O)(=O)NCC1CCCN1.Cl. The molecule has 1 aliphatic rings. The molecule has 6 nitrogen and oxygen atoms in total. The lowest BCUT2D eigenvalue weighted by atomic mass is 10.2. The Labute approximate surface area is 120 Å². The Morgan fingerprint density at radius 2 is 2.16 bits per heavy atom. The van der Waals surface area contributed by atoms with Gasteiger partial charge in [-0.2, -0.15) is 5.10 Å². The second-order valence-corrected chi connectivity index (χ2v) is 6.47. The topological polar surface area (TPSA) is 76.0 Å². The molecule has 1 aromatic rings. The van der Waals surface area contributed by atoms with Gasteiger partial charge in [-0.15, -0.1) is 12.4 Å². The number of sulfonamides is 1. The monoisotopic (exact) mass is 308 g/mol. The highest BCUT2D eigenvalue weighted by Crippen LogP contribution is 2.18. The van der Waals surface area contributed by atoms with Gasteiger partial charge in [0.2, 0.25) is 10.0 Å². The summed E-state index contributed by atoms with van der Waals surface area (Å²) >= 11 is 0. The van der Waals surface area contributed by atoms with E-state index in [-0.39, 0.29) is 18.4 Å². The van der Waals surface area contributed by atoms with E-state index < -0.39 is 10.0 Å². The second-order valence-electron chi connectivity index (χ2n) is 4.77. The summed E-state index contributed by atoms with van der Waals surface area (Å²) in [7, 11) is -1.71. The molecule has 0 aromatic carbocycles. The fourth-order valence-electron chi connectivity index (χ4n) is 2.36. The van der Waals surface area contributed by atoms with E-state index in [1.54, 1.807) is 25.6 Å². The van der Waals surface area contributed by atoms with Crippen LogP contribution in [0.4, 0.5) is 0 Å². The molecule has 0 saturated carbocycles. The quantitative estimate of drug-likeness (QED) is 0.849. The first-order chi connectivity index (χ1) is 8.42. The smallest absolute Gasteiger partial charge is 0.244 e. The molecule has 19 heavy (non-hydrogen) atoms. The molecular weight excluding hydrogens is 288 g/mol. The van der Waals surface area contributed by atoms with E-state index in [9.17, 15) is 8.42 Å². The first-order valence-corrected chi connectivity index (χ1v) is 7.63. The number of aryl methyl sites for hydroxylation is 2. The van der Waals surface area contributed by atoms with Crippen LogP contribution in [0, 0.1) is 13.8 Å². The lowest BCUT2D eigenvalue weighted by molar-refractivity contribution is 0.550. The summed E-state index contributed by atoms with van der Waals surface area (Å²) in [5, 5.41) is 7.41. The van der Waals surface area contributed by atoms with Crippen molar-refractivity contribution in [1.82, 2.24) is 19.8 Å². The van der Waals surface area contributed by atoms with Crippen LogP contribution in [0.2, 0.25) is 0 Å². The Hall–Kier alpha value is -0.630. The number of rotatable bonds is 4. The van der Waals surface area contributed by atoms with Crippen LogP contribution in [0.3, 0.4) is 0 Å². The van der Waals surface area contributed by atoms with Gasteiger partial charge in [-0.1, -0.05) is 0 Å². The molecule has 1 aliphatic heterocycles. The van der Waals surface area contributed by atoms with E-state index in [1.807, 2.05) is 0 Å². The van der Waals surface area contributed by atoms with Crippen molar-refractivity contribution in [2.24, 2.45) is 7.05 Å². The average Bonchev–Trinajstić information content (AvgIpc) is 2.86. The summed E-state index contributed by atoms with van der Waals surface area (Å²) in [6.07, 6.45) is 2.13. The minimum Gasteiger partial charge on any atom is -0.313 e. The summed E-state index contributed by atoms with van der Waals surface area (Å²) in [5.74, 6) is 0. The Morgan fingerprint density at radius 1 is 1.47 bits per heavy atom. The Morgan fingerprint density at radius 3 is 2.63 bits per heavy atom. The first-order valence-electron chi connectivity index (χ1n) is 6.15. The summed E-state index contributed by atoms with van der Waals surface area (Å²) < 4.78 is 28.8. The van der Waals surface area contributed by atoms with Crippen LogP contribution in [-0.2, 0) is 17.1 Å². The average molecular weight is 309 g/mol. The molecule has 0 radical (unpaired) electrons. The van der Waals surface area contributed by atoms with E-state index in [1.165, 1.54) is 0 Å². The zero-order valence-corrected chi connectivity index (χ0v) is 13.1. The maximum atomic E-state index is 12.3. The maximum Gasteiger partial charge on any atom is 0.244 e. The van der Waals surface area contributed by atoms with Gasteiger partial charge in [0.15, 0.2) is 0 Å². The van der Waals surface area contributed by atoms with Gasteiger partial charge in [0.25, 0.3) is 0 Å². The van der Waals surface area contributed by atoms with Gasteiger partial charge in [-0.25, -0.2) is 13.1 Å². The number of aromatic nitrogens is 2. The van der Waals surface area contributed by atoms with Crippen LogP contribution in [0.1, 0.15) is 24.2 Å². The van der Waals surface area contributed by atoms with Crippen molar-refractivity contribution in [2.45, 2.75) is 37.6 Å². The Bertz CT molecular complexity index is 535. The van der Waals surface area contributed by atoms with E-state index >= 15 is 0 Å². The molecular formula is C11H21ClN4O2S. The second kappa shape index (κ2) is 6.21. The highest BCUT2D eigenvalue weighted by atomic mass is 35.5. The van der Waals surface area contributed by atoms with Crippen LogP contribution in [0.5, 0.6) is 0 Å². The third-order valence-corrected chi connectivity index (χ3v) is 5.07. The standard InChI is InChI=1S/C11H20N4O2S.ClH/c1-8-11(9(2)15(3)14-8)18(16,17)13-7-10-5-4-6-12-10;/h10,12-13H,4-7H2,1-3H3;1H. The molecule has 0 spiro atoms. The fourth-order valence-corrected chi connectivity index (χ4v) is 3.87. The largest absolute Gasteiger partial charge is 0.313 e. The predicted molar refractivity (Wildman–Crippen MR) is 76.1 cm³/mol. The summed E-state index contributed by atoms with van der Waals surface area (Å²) in [6, 6.07) is 0.247. The van der Waals surface area contributed by atoms with Gasteiger partial charge in [-0.3, -0.25) is 4.68 Å². The highest BCUT2D eigenvalue weighted by Gasteiger charge is 2.25. The van der Waals surface area contributed by atoms with E-state index in [4.69, 9.17) is 0 Å². The minimum absolute atomic E-state index is 0. The van der Waals surface area contributed by atoms with E-state index in [0.717, 1.165) is 19.4 Å². The Kier molecular flexibility index (Phi) is 5.37. The van der Waals surface area contributed by atoms with Crippen molar-refractivity contribution >= 4 is 22.4 Å². The van der Waals surface area contributed by atoms with E-state index in [0.29, 0.717) is 22.8 Å². The van der Waals surface area contributed by atoms with Crippen molar-refractivity contribution in [1.29, 1.82) is 0 Å². The van der Waals surface area contributed by atoms with Crippen molar-refractivity contribution in [3.05, 3.63) is 11.4 Å². The van der Waals surface area contributed by atoms with E-state index in [2.05, 4.69) is 15.1 Å². The molecule has 8 heteroatoms. The molecule has 1 saturated heterocycles. The van der Waals surface area contributed by atoms with Crippen molar-refractivity contribution in [3.8, 4) is 0 Å². The number of hydrogen-bond donors (Lipinski definition) is 2. The molecule has 2 rings (SSSR count). The number of nitrogens with zero attached hydrogens (tertiary/aromatic N) is 2. The minimum atomic E-state index is -3.46. The maximum absolute atomic E-state index is 12.3. The van der Waals surface area contributed by atoms with Gasteiger partial charge < -0.3 is 5.32 Å². The molecule has 1 atom stereocenters. The van der Waals surface area contributed by atoms with Crippen molar-refractivity contribution in [3.63, 3.8) is 0 Å². The van der Waals surface area contributed by atoms with Gasteiger partial charge in [0.1, 0.15) is 4.90 Å². The van der Waals surface area contributed by atoms with Crippen LogP contribution in [-0.4, -0.2) is 37.3 Å². The molecule has 1 fully saturated rings. The van der Waals surface area contributed by atoms with Crippen LogP contribution >= 0.6 is 12.4 Å². The van der Waals surface area contributed by atoms with Crippen LogP contribution in [0.15, 0.2) is 4.90 Å². The van der Waals surface area contributed by atoms with Crippen LogP contribution in [0.25, 0.3) is 0 Å². The normalized spacial score (nSPS) is 19.4. The molecule has 0 bridgehead atoms. The zero-order valence-electron chi connectivity index (χ0n) is 11.4. The number of hydrogen-bond acceptors (Lipinski definition) is 4. The fraction of sp³-hybridized carbons (Fsp3) is 0.727. The van der Waals surface area contributed by atoms with Gasteiger partial charge >= 0.3 is 0 Å². The summed E-state index contributed by atoms with van der Waals surface area (Å²) in [6.45, 7) is 4.89. The molecule has 110 valence electrons. The zero-order chi connectivity index (χ0) is 13.3. The molecule has 2 N–H and O–H groups in total. The predicted octanol–water partition coefficient (Wildman–Crippen LogP) is 0.489. The molecule has 0 amide bonds. The third kappa shape index (κ3) is 3.47. The lowest BCUT2D eigenvalue weighted by Gasteiger charge is -2.12.